The Bertz CT molecular complexity index is 776. The van der Waals surface area contributed by atoms with Crippen LogP contribution in [0.4, 0.5) is 4.79 Å². The van der Waals surface area contributed by atoms with Crippen LogP contribution >= 0.6 is 0 Å². The van der Waals surface area contributed by atoms with Crippen molar-refractivity contribution in [2.45, 2.75) is 51.4 Å². The molecule has 8 nitrogen and oxygen atoms in total. The van der Waals surface area contributed by atoms with Gasteiger partial charge in [-0.1, -0.05) is 0 Å². The third-order valence-electron chi connectivity index (χ3n) is 4.74. The number of carbonyl (C=O) groups is 1. The maximum absolute atomic E-state index is 12.5. The molecule has 1 aliphatic heterocycles. The van der Waals surface area contributed by atoms with E-state index in [1.54, 1.807) is 19.5 Å². The number of pyridine rings is 1. The SMILES string of the molecule is COc1cnccc1C(C)NC(=O)N[C@@H]1CCO[C@H]1c1cnn(C(C)C)c1. The second-order valence-corrected chi connectivity index (χ2v) is 6.99. The zero-order valence-electron chi connectivity index (χ0n) is 16.2. The lowest BCUT2D eigenvalue weighted by Gasteiger charge is -2.22. The van der Waals surface area contributed by atoms with Crippen molar-refractivity contribution in [1.29, 1.82) is 0 Å². The summed E-state index contributed by atoms with van der Waals surface area (Å²) in [6, 6.07) is 1.57. The van der Waals surface area contributed by atoms with Gasteiger partial charge in [-0.15, -0.1) is 0 Å². The molecule has 1 unspecified atom stereocenters. The Balaban J connectivity index is 1.62. The fraction of sp³-hybridized carbons (Fsp3) is 0.526. The maximum Gasteiger partial charge on any atom is 0.315 e. The summed E-state index contributed by atoms with van der Waals surface area (Å²) in [4.78, 5) is 16.6. The van der Waals surface area contributed by atoms with Crippen LogP contribution in [0.25, 0.3) is 0 Å². The topological polar surface area (TPSA) is 90.3 Å². The quantitative estimate of drug-likeness (QED) is 0.813. The molecule has 27 heavy (non-hydrogen) atoms. The molecule has 1 fully saturated rings. The predicted molar refractivity (Wildman–Crippen MR) is 101 cm³/mol. The summed E-state index contributed by atoms with van der Waals surface area (Å²) in [5.41, 5.74) is 1.86. The summed E-state index contributed by atoms with van der Waals surface area (Å²) in [5, 5.41) is 10.4. The van der Waals surface area contributed by atoms with E-state index in [0.29, 0.717) is 12.4 Å². The van der Waals surface area contributed by atoms with Crippen LogP contribution < -0.4 is 15.4 Å². The summed E-state index contributed by atoms with van der Waals surface area (Å²) < 4.78 is 13.1. The summed E-state index contributed by atoms with van der Waals surface area (Å²) in [6.07, 6.45) is 7.69. The summed E-state index contributed by atoms with van der Waals surface area (Å²) >= 11 is 0. The van der Waals surface area contributed by atoms with Crippen molar-refractivity contribution in [3.05, 3.63) is 42.0 Å². The zero-order chi connectivity index (χ0) is 19.4. The third-order valence-corrected chi connectivity index (χ3v) is 4.74. The van der Waals surface area contributed by atoms with Crippen LogP contribution in [0.2, 0.25) is 0 Å². The van der Waals surface area contributed by atoms with Gasteiger partial charge >= 0.3 is 6.03 Å². The molecule has 3 rings (SSSR count). The number of methoxy groups -OCH3 is 1. The highest BCUT2D eigenvalue weighted by atomic mass is 16.5. The number of urea groups is 1. The van der Waals surface area contributed by atoms with Gasteiger partial charge in [0.2, 0.25) is 0 Å². The number of amides is 2. The van der Waals surface area contributed by atoms with Crippen LogP contribution in [0.15, 0.2) is 30.9 Å². The van der Waals surface area contributed by atoms with Crippen LogP contribution in [0.5, 0.6) is 5.75 Å². The highest BCUT2D eigenvalue weighted by molar-refractivity contribution is 5.75. The largest absolute Gasteiger partial charge is 0.495 e. The Morgan fingerprint density at radius 1 is 1.37 bits per heavy atom. The first-order chi connectivity index (χ1) is 13.0. The fourth-order valence-corrected chi connectivity index (χ4v) is 3.25. The molecular formula is C19H27N5O3. The lowest BCUT2D eigenvalue weighted by Crippen LogP contribution is -2.44. The number of nitrogens with one attached hydrogen (secondary N) is 2. The summed E-state index contributed by atoms with van der Waals surface area (Å²) in [6.45, 7) is 6.66. The van der Waals surface area contributed by atoms with Crippen molar-refractivity contribution in [2.24, 2.45) is 0 Å². The summed E-state index contributed by atoms with van der Waals surface area (Å²) in [5.74, 6) is 0.647. The minimum atomic E-state index is -0.238. The van der Waals surface area contributed by atoms with Crippen molar-refractivity contribution < 1.29 is 14.3 Å². The van der Waals surface area contributed by atoms with E-state index in [9.17, 15) is 4.79 Å². The molecule has 0 spiro atoms. The van der Waals surface area contributed by atoms with Gasteiger partial charge < -0.3 is 20.1 Å². The molecule has 2 amide bonds. The van der Waals surface area contributed by atoms with Crippen LogP contribution in [0.1, 0.15) is 56.5 Å². The van der Waals surface area contributed by atoms with E-state index in [1.165, 1.54) is 0 Å². The van der Waals surface area contributed by atoms with E-state index < -0.39 is 0 Å². The fourth-order valence-electron chi connectivity index (χ4n) is 3.25. The molecule has 0 bridgehead atoms. The first-order valence-corrected chi connectivity index (χ1v) is 9.20. The highest BCUT2D eigenvalue weighted by Gasteiger charge is 2.32. The maximum atomic E-state index is 12.5. The lowest BCUT2D eigenvalue weighted by atomic mass is 10.1. The van der Waals surface area contributed by atoms with Crippen LogP contribution in [-0.4, -0.2) is 40.6 Å². The molecule has 146 valence electrons. The Morgan fingerprint density at radius 2 is 2.19 bits per heavy atom. The monoisotopic (exact) mass is 373 g/mol. The lowest BCUT2D eigenvalue weighted by molar-refractivity contribution is 0.0997. The first-order valence-electron chi connectivity index (χ1n) is 9.20. The van der Waals surface area contributed by atoms with Gasteiger partial charge in [0.1, 0.15) is 11.9 Å². The van der Waals surface area contributed by atoms with E-state index in [0.717, 1.165) is 17.5 Å². The molecule has 0 aromatic carbocycles. The smallest absolute Gasteiger partial charge is 0.315 e. The standard InChI is InChI=1S/C19H27N5O3/c1-12(2)24-11-14(9-21-24)18-16(6-8-27-18)23-19(25)22-13(3)15-5-7-20-10-17(15)26-4/h5,7,9-13,16,18H,6,8H2,1-4H3,(H2,22,23,25)/t13?,16-,18+/m1/s1. The number of hydrogen-bond acceptors (Lipinski definition) is 5. The first kappa shape index (κ1) is 19.2. The van der Waals surface area contributed by atoms with Gasteiger partial charge in [0, 0.05) is 36.2 Å². The molecule has 1 saturated heterocycles. The average molecular weight is 373 g/mol. The number of aromatic nitrogens is 3. The van der Waals surface area contributed by atoms with E-state index >= 15 is 0 Å². The highest BCUT2D eigenvalue weighted by Crippen LogP contribution is 2.29. The molecule has 0 aliphatic carbocycles. The molecule has 3 heterocycles. The molecule has 2 aromatic heterocycles. The van der Waals surface area contributed by atoms with Gasteiger partial charge in [-0.3, -0.25) is 9.67 Å². The predicted octanol–water partition coefficient (Wildman–Crippen LogP) is 2.76. The van der Waals surface area contributed by atoms with Crippen LogP contribution in [-0.2, 0) is 4.74 Å². The van der Waals surface area contributed by atoms with Gasteiger partial charge in [-0.25, -0.2) is 4.79 Å². The molecular weight excluding hydrogens is 346 g/mol. The number of nitrogens with zero attached hydrogens (tertiary/aromatic N) is 3. The Labute approximate surface area is 159 Å². The van der Waals surface area contributed by atoms with Gasteiger partial charge in [0.15, 0.2) is 0 Å². The van der Waals surface area contributed by atoms with Crippen molar-refractivity contribution in [3.8, 4) is 5.75 Å². The zero-order valence-corrected chi connectivity index (χ0v) is 16.2. The molecule has 0 radical (unpaired) electrons. The van der Waals surface area contributed by atoms with Gasteiger partial charge in [-0.05, 0) is 33.3 Å². The van der Waals surface area contributed by atoms with E-state index in [1.807, 2.05) is 30.1 Å². The van der Waals surface area contributed by atoms with Crippen molar-refractivity contribution in [3.63, 3.8) is 0 Å². The molecule has 2 aromatic rings. The van der Waals surface area contributed by atoms with Gasteiger partial charge in [0.05, 0.1) is 31.6 Å². The molecule has 0 saturated carbocycles. The number of hydrogen-bond donors (Lipinski definition) is 2. The van der Waals surface area contributed by atoms with E-state index in [-0.39, 0.29) is 30.3 Å². The molecule has 2 N–H and O–H groups in total. The number of rotatable bonds is 6. The van der Waals surface area contributed by atoms with Gasteiger partial charge in [0.25, 0.3) is 0 Å². The molecule has 3 atom stereocenters. The Morgan fingerprint density at radius 3 is 2.89 bits per heavy atom. The summed E-state index contributed by atoms with van der Waals surface area (Å²) in [7, 11) is 1.59. The minimum Gasteiger partial charge on any atom is -0.495 e. The average Bonchev–Trinajstić information content (AvgIpc) is 3.30. The van der Waals surface area contributed by atoms with Crippen molar-refractivity contribution in [2.75, 3.05) is 13.7 Å². The second kappa shape index (κ2) is 8.39. The minimum absolute atomic E-state index is 0.0960. The van der Waals surface area contributed by atoms with Gasteiger partial charge in [-0.2, -0.15) is 5.10 Å². The Hall–Kier alpha value is -2.61. The normalized spacial score (nSPS) is 20.5. The third kappa shape index (κ3) is 4.39. The van der Waals surface area contributed by atoms with Crippen LogP contribution in [0, 0.1) is 0 Å². The van der Waals surface area contributed by atoms with E-state index in [2.05, 4.69) is 34.6 Å². The second-order valence-electron chi connectivity index (χ2n) is 6.99. The van der Waals surface area contributed by atoms with E-state index in [4.69, 9.17) is 9.47 Å². The number of carbonyl (C=O) groups excluding carboxylic acids is 1. The number of ether oxygens (including phenoxy) is 2. The van der Waals surface area contributed by atoms with Crippen molar-refractivity contribution >= 4 is 6.03 Å². The van der Waals surface area contributed by atoms with Crippen molar-refractivity contribution in [1.82, 2.24) is 25.4 Å². The van der Waals surface area contributed by atoms with Crippen LogP contribution in [0.3, 0.4) is 0 Å². The Kier molecular flexibility index (Phi) is 5.95. The molecule has 8 heteroatoms. The molecule has 1 aliphatic rings.